The molecule has 0 saturated carbocycles. The Morgan fingerprint density at radius 3 is 2.66 bits per heavy atom. The van der Waals surface area contributed by atoms with Crippen LogP contribution in [0, 0.1) is 13.8 Å². The second kappa shape index (κ2) is 8.62. The van der Waals surface area contributed by atoms with Crippen molar-refractivity contribution in [3.63, 3.8) is 0 Å². The van der Waals surface area contributed by atoms with Crippen molar-refractivity contribution < 1.29 is 28.3 Å². The van der Waals surface area contributed by atoms with E-state index in [0.717, 1.165) is 22.2 Å². The van der Waals surface area contributed by atoms with Gasteiger partial charge in [0.2, 0.25) is 0 Å². The highest BCUT2D eigenvalue weighted by atomic mass is 16.5. The molecule has 1 aliphatic heterocycles. The molecule has 166 valence electrons. The number of nitrogens with one attached hydrogen (secondary N) is 3. The van der Waals surface area contributed by atoms with E-state index in [1.165, 1.54) is 6.26 Å². The highest BCUT2D eigenvalue weighted by molar-refractivity contribution is 5.97. The minimum atomic E-state index is -0.867. The minimum absolute atomic E-state index is 0.113. The third-order valence-electron chi connectivity index (χ3n) is 5.37. The number of esters is 2. The standard InChI is InChI=1S/C23H23N3O6/c1-4-30-22(28)19-17(25-23(29)26-20(19)18-6-5-9-31-18)11-32-21(27)14-7-8-16-15(10-14)12(2)13(3)24-16/h5-10,20,24H,4,11H2,1-3H3,(H2,25,26,29). The Kier molecular flexibility index (Phi) is 5.72. The Morgan fingerprint density at radius 2 is 1.94 bits per heavy atom. The van der Waals surface area contributed by atoms with Gasteiger partial charge in [-0.3, -0.25) is 0 Å². The lowest BCUT2D eigenvalue weighted by atomic mass is 10.0. The van der Waals surface area contributed by atoms with Crippen molar-refractivity contribution in [2.45, 2.75) is 26.8 Å². The summed E-state index contributed by atoms with van der Waals surface area (Å²) in [5.41, 5.74) is 3.61. The number of aromatic nitrogens is 1. The Balaban J connectivity index is 1.61. The van der Waals surface area contributed by atoms with Crippen molar-refractivity contribution in [1.82, 2.24) is 15.6 Å². The fourth-order valence-corrected chi connectivity index (χ4v) is 3.66. The highest BCUT2D eigenvalue weighted by Crippen LogP contribution is 2.28. The second-order valence-corrected chi connectivity index (χ2v) is 7.37. The summed E-state index contributed by atoms with van der Waals surface area (Å²) >= 11 is 0. The number of ether oxygens (including phenoxy) is 2. The van der Waals surface area contributed by atoms with Gasteiger partial charge in [0.25, 0.3) is 0 Å². The molecule has 2 aromatic heterocycles. The number of carbonyl (C=O) groups is 3. The predicted octanol–water partition coefficient (Wildman–Crippen LogP) is 3.41. The van der Waals surface area contributed by atoms with E-state index in [9.17, 15) is 14.4 Å². The van der Waals surface area contributed by atoms with Gasteiger partial charge in [0.05, 0.1) is 29.7 Å². The zero-order valence-corrected chi connectivity index (χ0v) is 17.9. The molecule has 0 radical (unpaired) electrons. The maximum Gasteiger partial charge on any atom is 0.338 e. The number of urea groups is 1. The van der Waals surface area contributed by atoms with E-state index in [0.29, 0.717) is 11.3 Å². The lowest BCUT2D eigenvalue weighted by molar-refractivity contribution is -0.139. The lowest BCUT2D eigenvalue weighted by Gasteiger charge is -2.27. The van der Waals surface area contributed by atoms with Crippen molar-refractivity contribution in [2.24, 2.45) is 0 Å². The molecule has 9 nitrogen and oxygen atoms in total. The number of aryl methyl sites for hydroxylation is 2. The molecule has 1 atom stereocenters. The van der Waals surface area contributed by atoms with Gasteiger partial charge in [-0.2, -0.15) is 0 Å². The zero-order chi connectivity index (χ0) is 22.8. The first-order chi connectivity index (χ1) is 15.4. The Bertz CT molecular complexity index is 1220. The van der Waals surface area contributed by atoms with Crippen LogP contribution in [-0.2, 0) is 14.3 Å². The first-order valence-electron chi connectivity index (χ1n) is 10.2. The smallest absolute Gasteiger partial charge is 0.338 e. The van der Waals surface area contributed by atoms with Gasteiger partial charge in [0.15, 0.2) is 0 Å². The van der Waals surface area contributed by atoms with Crippen LogP contribution >= 0.6 is 0 Å². The summed E-state index contributed by atoms with van der Waals surface area (Å²) in [4.78, 5) is 40.9. The molecule has 1 aliphatic rings. The van der Waals surface area contributed by atoms with E-state index in [-0.39, 0.29) is 24.5 Å². The minimum Gasteiger partial charge on any atom is -0.467 e. The molecular formula is C23H23N3O6. The second-order valence-electron chi connectivity index (χ2n) is 7.37. The number of H-pyrrole nitrogens is 1. The van der Waals surface area contributed by atoms with E-state index >= 15 is 0 Å². The third kappa shape index (κ3) is 3.96. The molecule has 0 bridgehead atoms. The van der Waals surface area contributed by atoms with E-state index in [4.69, 9.17) is 13.9 Å². The normalized spacial score (nSPS) is 16.0. The quantitative estimate of drug-likeness (QED) is 0.508. The summed E-state index contributed by atoms with van der Waals surface area (Å²) in [5.74, 6) is -0.869. The molecule has 0 fully saturated rings. The van der Waals surface area contributed by atoms with E-state index in [1.54, 1.807) is 31.2 Å². The monoisotopic (exact) mass is 437 g/mol. The summed E-state index contributed by atoms with van der Waals surface area (Å²) in [7, 11) is 0. The van der Waals surface area contributed by atoms with Gasteiger partial charge in [-0.1, -0.05) is 0 Å². The van der Waals surface area contributed by atoms with Gasteiger partial charge in [-0.25, -0.2) is 14.4 Å². The molecule has 0 spiro atoms. The Labute approximate surface area is 183 Å². The summed E-state index contributed by atoms with van der Waals surface area (Å²) in [5, 5.41) is 6.12. The highest BCUT2D eigenvalue weighted by Gasteiger charge is 2.35. The Hall–Kier alpha value is -4.01. The van der Waals surface area contributed by atoms with Crippen LogP contribution in [0.4, 0.5) is 4.79 Å². The van der Waals surface area contributed by atoms with Gasteiger partial charge in [0.1, 0.15) is 18.4 Å². The first-order valence-corrected chi connectivity index (χ1v) is 10.2. The van der Waals surface area contributed by atoms with Crippen LogP contribution in [0.25, 0.3) is 10.9 Å². The van der Waals surface area contributed by atoms with Gasteiger partial charge in [-0.15, -0.1) is 0 Å². The fraction of sp³-hybridized carbons (Fsp3) is 0.261. The maximum atomic E-state index is 12.7. The van der Waals surface area contributed by atoms with E-state index < -0.39 is 24.0 Å². The topological polar surface area (TPSA) is 123 Å². The number of furan rings is 1. The zero-order valence-electron chi connectivity index (χ0n) is 17.9. The number of hydrogen-bond acceptors (Lipinski definition) is 6. The molecule has 0 saturated heterocycles. The number of hydrogen-bond donors (Lipinski definition) is 3. The van der Waals surface area contributed by atoms with Crippen molar-refractivity contribution in [3.05, 3.63) is 70.4 Å². The van der Waals surface area contributed by atoms with Crippen LogP contribution in [0.15, 0.2) is 52.3 Å². The summed E-state index contributed by atoms with van der Waals surface area (Å²) in [6.07, 6.45) is 1.44. The van der Waals surface area contributed by atoms with Crippen LogP contribution in [0.3, 0.4) is 0 Å². The summed E-state index contributed by atoms with van der Waals surface area (Å²) < 4.78 is 16.0. The lowest BCUT2D eigenvalue weighted by Crippen LogP contribution is -2.47. The molecule has 3 N–H and O–H groups in total. The van der Waals surface area contributed by atoms with Crippen LogP contribution in [-0.4, -0.2) is 36.2 Å². The van der Waals surface area contributed by atoms with Crippen molar-refractivity contribution in [3.8, 4) is 0 Å². The Morgan fingerprint density at radius 1 is 1.12 bits per heavy atom. The summed E-state index contributed by atoms with van der Waals surface area (Å²) in [6.45, 7) is 5.44. The van der Waals surface area contributed by atoms with Gasteiger partial charge >= 0.3 is 18.0 Å². The molecule has 4 rings (SSSR count). The molecule has 9 heteroatoms. The fourth-order valence-electron chi connectivity index (χ4n) is 3.66. The molecular weight excluding hydrogens is 414 g/mol. The van der Waals surface area contributed by atoms with Gasteiger partial charge < -0.3 is 29.5 Å². The summed E-state index contributed by atoms with van der Waals surface area (Å²) in [6, 6.07) is 7.09. The third-order valence-corrected chi connectivity index (χ3v) is 5.37. The van der Waals surface area contributed by atoms with E-state index in [1.807, 2.05) is 19.9 Å². The van der Waals surface area contributed by atoms with Crippen molar-refractivity contribution in [1.29, 1.82) is 0 Å². The van der Waals surface area contributed by atoms with Crippen LogP contribution in [0.1, 0.15) is 40.3 Å². The van der Waals surface area contributed by atoms with Gasteiger partial charge in [-0.05, 0) is 56.7 Å². The molecule has 1 aromatic carbocycles. The molecule has 3 heterocycles. The van der Waals surface area contributed by atoms with Crippen molar-refractivity contribution >= 4 is 28.9 Å². The molecule has 0 aliphatic carbocycles. The number of rotatable bonds is 6. The van der Waals surface area contributed by atoms with Crippen molar-refractivity contribution in [2.75, 3.05) is 13.2 Å². The van der Waals surface area contributed by atoms with Crippen LogP contribution in [0.2, 0.25) is 0 Å². The largest absolute Gasteiger partial charge is 0.467 e. The number of benzene rings is 1. The number of amides is 2. The number of fused-ring (bicyclic) bond motifs is 1. The molecule has 32 heavy (non-hydrogen) atoms. The average Bonchev–Trinajstić information content (AvgIpc) is 3.40. The predicted molar refractivity (Wildman–Crippen MR) is 115 cm³/mol. The molecule has 2 amide bonds. The maximum absolute atomic E-state index is 12.7. The average molecular weight is 437 g/mol. The number of carbonyl (C=O) groups excluding carboxylic acids is 3. The van der Waals surface area contributed by atoms with Gasteiger partial charge in [0, 0.05) is 16.6 Å². The van der Waals surface area contributed by atoms with Crippen LogP contribution < -0.4 is 10.6 Å². The molecule has 3 aromatic rings. The SMILES string of the molecule is CCOC(=O)C1=C(COC(=O)c2ccc3[nH]c(C)c(C)c3c2)NC(=O)NC1c1ccco1. The molecule has 1 unspecified atom stereocenters. The van der Waals surface area contributed by atoms with E-state index in [2.05, 4.69) is 15.6 Å². The first kappa shape index (κ1) is 21.2. The number of aromatic amines is 1. The van der Waals surface area contributed by atoms with Crippen LogP contribution in [0.5, 0.6) is 0 Å².